The van der Waals surface area contributed by atoms with E-state index < -0.39 is 0 Å². The molecule has 5 rings (SSSR count). The fourth-order valence-electron chi connectivity index (χ4n) is 5.73. The zero-order chi connectivity index (χ0) is 26.2. The number of H-pyrrole nitrogens is 1. The Labute approximate surface area is 230 Å². The number of thiazole rings is 1. The van der Waals surface area contributed by atoms with Crippen LogP contribution in [-0.4, -0.2) is 87.4 Å². The summed E-state index contributed by atoms with van der Waals surface area (Å²) in [4.78, 5) is 32.5. The maximum Gasteiger partial charge on any atom is 0.222 e. The number of nitrogens with zero attached hydrogens (tertiary/aromatic N) is 5. The average Bonchev–Trinajstić information content (AvgIpc) is 3.68. The summed E-state index contributed by atoms with van der Waals surface area (Å²) in [5.74, 6) is 1.42. The van der Waals surface area contributed by atoms with Crippen molar-refractivity contribution in [3.05, 3.63) is 41.2 Å². The molecule has 2 aromatic heterocycles. The monoisotopic (exact) mass is 537 g/mol. The van der Waals surface area contributed by atoms with Gasteiger partial charge in [0.1, 0.15) is 5.82 Å². The van der Waals surface area contributed by atoms with Gasteiger partial charge >= 0.3 is 0 Å². The highest BCUT2D eigenvalue weighted by molar-refractivity contribution is 7.13. The van der Waals surface area contributed by atoms with E-state index in [1.807, 2.05) is 11.0 Å². The Hall–Kier alpha value is -2.49. The molecule has 2 N–H and O–H groups in total. The number of para-hydroxylation sites is 2. The van der Waals surface area contributed by atoms with Crippen molar-refractivity contribution in [2.45, 2.75) is 70.9 Å². The molecule has 0 aliphatic carbocycles. The van der Waals surface area contributed by atoms with Crippen LogP contribution < -0.4 is 5.32 Å². The molecule has 0 radical (unpaired) electrons. The summed E-state index contributed by atoms with van der Waals surface area (Å²) in [5, 5.41) is 6.83. The van der Waals surface area contributed by atoms with Gasteiger partial charge in [-0.3, -0.25) is 14.6 Å². The Bertz CT molecular complexity index is 1120. The Morgan fingerprint density at radius 2 is 1.97 bits per heavy atom. The number of aromatic amines is 1. The van der Waals surface area contributed by atoms with Crippen molar-refractivity contribution in [3.8, 4) is 0 Å². The van der Waals surface area contributed by atoms with Gasteiger partial charge in [-0.25, -0.2) is 9.97 Å². The molecule has 0 unspecified atom stereocenters. The minimum Gasteiger partial charge on any atom is -0.360 e. The van der Waals surface area contributed by atoms with E-state index >= 15 is 0 Å². The van der Waals surface area contributed by atoms with Crippen LogP contribution in [0.4, 0.5) is 5.13 Å². The van der Waals surface area contributed by atoms with Crippen LogP contribution >= 0.6 is 11.3 Å². The molecule has 206 valence electrons. The van der Waals surface area contributed by atoms with Crippen molar-refractivity contribution >= 4 is 33.4 Å². The topological polar surface area (TPSA) is 80.4 Å². The maximum absolute atomic E-state index is 12.4. The van der Waals surface area contributed by atoms with Gasteiger partial charge in [0, 0.05) is 63.5 Å². The minimum absolute atomic E-state index is 0.328. The molecule has 2 saturated heterocycles. The predicted molar refractivity (Wildman–Crippen MR) is 156 cm³/mol. The number of aromatic nitrogens is 3. The summed E-state index contributed by atoms with van der Waals surface area (Å²) in [5.41, 5.74) is 3.32. The van der Waals surface area contributed by atoms with E-state index in [9.17, 15) is 4.79 Å². The van der Waals surface area contributed by atoms with Crippen LogP contribution in [0.3, 0.4) is 0 Å². The lowest BCUT2D eigenvalue weighted by molar-refractivity contribution is -0.133. The Balaban J connectivity index is 1.01. The fraction of sp³-hybridized carbons (Fsp3) is 0.621. The van der Waals surface area contributed by atoms with Gasteiger partial charge < -0.3 is 15.2 Å². The third-order valence-corrected chi connectivity index (χ3v) is 8.79. The van der Waals surface area contributed by atoms with Crippen LogP contribution in [0.1, 0.15) is 63.4 Å². The van der Waals surface area contributed by atoms with Crippen LogP contribution in [-0.2, 0) is 17.8 Å². The SMILES string of the molecule is CCCCCC(=O)N1CCN(Cc2csc(NC[C@@H]3CCCN3CCCc3nc4ccccc4[nH]3)n2)CC1. The van der Waals surface area contributed by atoms with Crippen molar-refractivity contribution in [2.24, 2.45) is 0 Å². The zero-order valence-corrected chi connectivity index (χ0v) is 23.6. The van der Waals surface area contributed by atoms with E-state index in [2.05, 4.69) is 50.6 Å². The van der Waals surface area contributed by atoms with Crippen molar-refractivity contribution < 1.29 is 4.79 Å². The van der Waals surface area contributed by atoms with Crippen molar-refractivity contribution in [1.82, 2.24) is 29.7 Å². The highest BCUT2D eigenvalue weighted by Gasteiger charge is 2.25. The number of carbonyl (C=O) groups excluding carboxylic acids is 1. The highest BCUT2D eigenvalue weighted by atomic mass is 32.1. The first-order valence-electron chi connectivity index (χ1n) is 14.5. The van der Waals surface area contributed by atoms with Crippen LogP contribution in [0.25, 0.3) is 11.0 Å². The Morgan fingerprint density at radius 1 is 1.11 bits per heavy atom. The van der Waals surface area contributed by atoms with Crippen LogP contribution in [0.2, 0.25) is 0 Å². The molecule has 1 atom stereocenters. The molecule has 2 fully saturated rings. The average molecular weight is 538 g/mol. The van der Waals surface area contributed by atoms with E-state index in [0.717, 1.165) is 106 Å². The minimum atomic E-state index is 0.328. The van der Waals surface area contributed by atoms with Gasteiger partial charge in [-0.05, 0) is 50.9 Å². The fourth-order valence-corrected chi connectivity index (χ4v) is 6.44. The first-order valence-corrected chi connectivity index (χ1v) is 15.4. The molecule has 3 aromatic rings. The molecule has 2 aliphatic heterocycles. The first kappa shape index (κ1) is 27.1. The maximum atomic E-state index is 12.4. The number of hydrogen-bond acceptors (Lipinski definition) is 7. The number of amides is 1. The van der Waals surface area contributed by atoms with Crippen LogP contribution in [0.15, 0.2) is 29.6 Å². The van der Waals surface area contributed by atoms with Gasteiger partial charge in [-0.15, -0.1) is 11.3 Å². The molecule has 0 spiro atoms. The van der Waals surface area contributed by atoms with Gasteiger partial charge in [0.2, 0.25) is 5.91 Å². The summed E-state index contributed by atoms with van der Waals surface area (Å²) >= 11 is 1.71. The third-order valence-electron chi connectivity index (χ3n) is 7.94. The number of carbonyl (C=O) groups is 1. The first-order chi connectivity index (χ1) is 18.7. The molecular weight excluding hydrogens is 494 g/mol. The number of benzene rings is 1. The normalized spacial score (nSPS) is 19.0. The molecule has 0 bridgehead atoms. The number of rotatable bonds is 13. The molecule has 8 nitrogen and oxygen atoms in total. The number of nitrogens with one attached hydrogen (secondary N) is 2. The van der Waals surface area contributed by atoms with Gasteiger partial charge in [-0.2, -0.15) is 0 Å². The number of piperazine rings is 1. The molecule has 4 heterocycles. The smallest absolute Gasteiger partial charge is 0.222 e. The van der Waals surface area contributed by atoms with Gasteiger partial charge in [-0.1, -0.05) is 31.9 Å². The van der Waals surface area contributed by atoms with E-state index in [0.29, 0.717) is 18.4 Å². The third kappa shape index (κ3) is 7.33. The molecule has 2 aliphatic rings. The molecule has 0 saturated carbocycles. The largest absolute Gasteiger partial charge is 0.360 e. The number of unbranched alkanes of at least 4 members (excludes halogenated alkanes) is 2. The van der Waals surface area contributed by atoms with Crippen LogP contribution in [0.5, 0.6) is 0 Å². The summed E-state index contributed by atoms with van der Waals surface area (Å²) in [7, 11) is 0. The standard InChI is InChI=1S/C29H43N7OS/c1-2-3-4-13-28(37)36-18-16-34(17-19-36)21-23-22-38-29(31-23)30-20-24-9-7-14-35(24)15-8-12-27-32-25-10-5-6-11-26(25)33-27/h5-6,10-11,22,24H,2-4,7-9,12-21H2,1H3,(H,30,31)(H,32,33)/t24-/m0/s1. The number of aryl methyl sites for hydroxylation is 1. The van der Waals surface area contributed by atoms with E-state index in [-0.39, 0.29) is 0 Å². The molecule has 1 amide bonds. The zero-order valence-electron chi connectivity index (χ0n) is 22.8. The van der Waals surface area contributed by atoms with Crippen molar-refractivity contribution in [2.75, 3.05) is 51.1 Å². The van der Waals surface area contributed by atoms with Gasteiger partial charge in [0.15, 0.2) is 5.13 Å². The molecular formula is C29H43N7OS. The summed E-state index contributed by atoms with van der Waals surface area (Å²) in [6.45, 7) is 9.85. The van der Waals surface area contributed by atoms with Crippen molar-refractivity contribution in [1.29, 1.82) is 0 Å². The van der Waals surface area contributed by atoms with E-state index in [1.165, 1.54) is 19.4 Å². The highest BCUT2D eigenvalue weighted by Crippen LogP contribution is 2.22. The second-order valence-corrected chi connectivity index (χ2v) is 11.6. The molecule has 38 heavy (non-hydrogen) atoms. The number of hydrogen-bond donors (Lipinski definition) is 2. The summed E-state index contributed by atoms with van der Waals surface area (Å²) < 4.78 is 0. The second kappa shape index (κ2) is 13.5. The van der Waals surface area contributed by atoms with E-state index in [4.69, 9.17) is 9.97 Å². The number of fused-ring (bicyclic) bond motifs is 1. The van der Waals surface area contributed by atoms with Gasteiger partial charge in [0.05, 0.1) is 16.7 Å². The Kier molecular flexibility index (Phi) is 9.65. The number of likely N-dealkylation sites (tertiary alicyclic amines) is 1. The summed E-state index contributed by atoms with van der Waals surface area (Å²) in [6.07, 6.45) is 8.66. The predicted octanol–water partition coefficient (Wildman–Crippen LogP) is 4.75. The molecule has 9 heteroatoms. The number of imidazole rings is 1. The number of anilines is 1. The quantitative estimate of drug-likeness (QED) is 0.306. The van der Waals surface area contributed by atoms with Crippen LogP contribution in [0, 0.1) is 0 Å². The second-order valence-electron chi connectivity index (χ2n) is 10.8. The summed E-state index contributed by atoms with van der Waals surface area (Å²) in [6, 6.07) is 8.83. The molecule has 1 aromatic carbocycles. The van der Waals surface area contributed by atoms with Gasteiger partial charge in [0.25, 0.3) is 0 Å². The lowest BCUT2D eigenvalue weighted by Crippen LogP contribution is -2.48. The van der Waals surface area contributed by atoms with Crippen molar-refractivity contribution in [3.63, 3.8) is 0 Å². The lowest BCUT2D eigenvalue weighted by atomic mass is 10.2. The lowest BCUT2D eigenvalue weighted by Gasteiger charge is -2.34. The van der Waals surface area contributed by atoms with E-state index in [1.54, 1.807) is 11.3 Å². The Morgan fingerprint density at radius 3 is 2.82 bits per heavy atom.